The molecule has 1 aromatic heterocycles. The molecule has 6 aromatic carbocycles. The Kier molecular flexibility index (Phi) is 8.24. The average molecular weight is 796 g/mol. The van der Waals surface area contributed by atoms with Crippen LogP contribution in [0.5, 0.6) is 0 Å². The second kappa shape index (κ2) is 13.2. The lowest BCUT2D eigenvalue weighted by molar-refractivity contribution is 0.649. The lowest BCUT2D eigenvalue weighted by atomic mass is 9.78. The van der Waals surface area contributed by atoms with E-state index in [9.17, 15) is 0 Å². The van der Waals surface area contributed by atoms with Gasteiger partial charge < -0.3 is 0 Å². The first kappa shape index (κ1) is 37.4. The summed E-state index contributed by atoms with van der Waals surface area (Å²) < 4.78 is 0. The highest BCUT2D eigenvalue weighted by Gasteiger charge is 2.44. The summed E-state index contributed by atoms with van der Waals surface area (Å²) in [5.41, 5.74) is 27.0. The molecular formula is C58H53NS. The largest absolute Gasteiger partial charge is 0.236 e. The Balaban J connectivity index is 0.00000201. The first-order valence-corrected chi connectivity index (χ1v) is 23.0. The van der Waals surface area contributed by atoms with Gasteiger partial charge in [-0.05, 0) is 168 Å². The Morgan fingerprint density at radius 3 is 1.53 bits per heavy atom. The third-order valence-electron chi connectivity index (χ3n) is 14.6. The van der Waals surface area contributed by atoms with E-state index in [2.05, 4.69) is 169 Å². The lowest BCUT2D eigenvalue weighted by Crippen LogP contribution is -2.17. The van der Waals surface area contributed by atoms with Crippen molar-refractivity contribution in [3.8, 4) is 66.2 Å². The van der Waals surface area contributed by atoms with Crippen LogP contribution >= 0.6 is 11.3 Å². The molecule has 60 heavy (non-hydrogen) atoms. The molecule has 0 spiro atoms. The van der Waals surface area contributed by atoms with Gasteiger partial charge >= 0.3 is 0 Å². The van der Waals surface area contributed by atoms with Gasteiger partial charge in [0.2, 0.25) is 0 Å². The van der Waals surface area contributed by atoms with Crippen molar-refractivity contribution in [1.82, 2.24) is 4.98 Å². The minimum atomic E-state index is -0.120. The molecule has 0 radical (unpaired) electrons. The van der Waals surface area contributed by atoms with Gasteiger partial charge in [-0.25, -0.2) is 4.98 Å². The Bertz CT molecular complexity index is 3010. The monoisotopic (exact) mass is 795 g/mol. The van der Waals surface area contributed by atoms with Gasteiger partial charge in [-0.1, -0.05) is 140 Å². The van der Waals surface area contributed by atoms with E-state index in [1.165, 1.54) is 111 Å². The predicted octanol–water partition coefficient (Wildman–Crippen LogP) is 16.0. The highest BCUT2D eigenvalue weighted by atomic mass is 32.1. The van der Waals surface area contributed by atoms with E-state index in [0.717, 1.165) is 36.4 Å². The Hall–Kier alpha value is -5.57. The van der Waals surface area contributed by atoms with Crippen LogP contribution in [0.15, 0.2) is 115 Å². The third kappa shape index (κ3) is 5.26. The van der Waals surface area contributed by atoms with Gasteiger partial charge in [-0.15, -0.1) is 11.3 Å². The van der Waals surface area contributed by atoms with Crippen LogP contribution in [-0.2, 0) is 29.1 Å². The smallest absolute Gasteiger partial charge is 0.124 e. The third-order valence-corrected chi connectivity index (χ3v) is 15.8. The lowest BCUT2D eigenvalue weighted by Gasteiger charge is -2.25. The molecule has 1 nitrogen and oxygen atoms in total. The van der Waals surface area contributed by atoms with E-state index < -0.39 is 0 Å². The van der Waals surface area contributed by atoms with Crippen molar-refractivity contribution >= 4 is 23.5 Å². The summed E-state index contributed by atoms with van der Waals surface area (Å²) in [7, 11) is 0. The van der Waals surface area contributed by atoms with Crippen molar-refractivity contribution in [2.75, 3.05) is 0 Å². The molecule has 12 rings (SSSR count). The molecule has 0 amide bonds. The molecule has 0 unspecified atom stereocenters. The molecular weight excluding hydrogens is 743 g/mol. The predicted molar refractivity (Wildman–Crippen MR) is 257 cm³/mol. The van der Waals surface area contributed by atoms with Crippen LogP contribution in [0.4, 0.5) is 0 Å². The summed E-state index contributed by atoms with van der Waals surface area (Å²) in [6, 6.07) is 40.6. The van der Waals surface area contributed by atoms with Gasteiger partial charge in [0.25, 0.3) is 0 Å². The van der Waals surface area contributed by atoms with E-state index in [1.807, 2.05) is 25.2 Å². The first-order chi connectivity index (χ1) is 29.0. The number of hydrogen-bond donors (Lipinski definition) is 0. The number of hydrogen-bond acceptors (Lipinski definition) is 2. The Labute approximate surface area is 360 Å². The molecule has 0 aliphatic heterocycles. The molecule has 1 heterocycles. The van der Waals surface area contributed by atoms with Crippen LogP contribution in [0, 0.1) is 0 Å². The van der Waals surface area contributed by atoms with E-state index in [0.29, 0.717) is 0 Å². The number of benzene rings is 6. The number of fused-ring (bicyclic) bond motifs is 11. The van der Waals surface area contributed by atoms with Gasteiger partial charge in [-0.2, -0.15) is 0 Å². The summed E-state index contributed by atoms with van der Waals surface area (Å²) in [5, 5.41) is 1.14. The second-order valence-corrected chi connectivity index (χ2v) is 20.0. The van der Waals surface area contributed by atoms with Crippen molar-refractivity contribution in [1.29, 1.82) is 0 Å². The van der Waals surface area contributed by atoms with Gasteiger partial charge in [0.05, 0.1) is 5.69 Å². The van der Waals surface area contributed by atoms with Crippen LogP contribution < -0.4 is 0 Å². The minimum absolute atomic E-state index is 0.113. The fourth-order valence-corrected chi connectivity index (χ4v) is 12.3. The van der Waals surface area contributed by atoms with Crippen molar-refractivity contribution in [2.24, 2.45) is 0 Å². The minimum Gasteiger partial charge on any atom is -0.236 e. The van der Waals surface area contributed by atoms with Crippen LogP contribution in [0.25, 0.3) is 78.4 Å². The molecule has 0 saturated carbocycles. The van der Waals surface area contributed by atoms with Crippen LogP contribution in [-0.4, -0.2) is 4.98 Å². The van der Waals surface area contributed by atoms with Gasteiger partial charge in [0.1, 0.15) is 5.01 Å². The Morgan fingerprint density at radius 2 is 0.933 bits per heavy atom. The van der Waals surface area contributed by atoms with Gasteiger partial charge in [0, 0.05) is 26.7 Å². The molecule has 0 bridgehead atoms. The van der Waals surface area contributed by atoms with Gasteiger partial charge in [0.15, 0.2) is 0 Å². The van der Waals surface area contributed by atoms with Crippen molar-refractivity contribution < 1.29 is 0 Å². The van der Waals surface area contributed by atoms with Crippen molar-refractivity contribution in [3.63, 3.8) is 0 Å². The van der Waals surface area contributed by atoms with E-state index in [-0.39, 0.29) is 16.2 Å². The Morgan fingerprint density at radius 1 is 0.450 bits per heavy atom. The fraction of sp³-hybridized carbons (Fsp3) is 0.259. The molecule has 5 aliphatic rings. The fourth-order valence-electron chi connectivity index (χ4n) is 11.3. The van der Waals surface area contributed by atoms with Crippen LogP contribution in [0.1, 0.15) is 123 Å². The zero-order chi connectivity index (χ0) is 41.3. The average Bonchev–Trinajstić information content (AvgIpc) is 3.94. The zero-order valence-corrected chi connectivity index (χ0v) is 37.1. The molecule has 296 valence electrons. The van der Waals surface area contributed by atoms with Crippen molar-refractivity contribution in [3.05, 3.63) is 170 Å². The summed E-state index contributed by atoms with van der Waals surface area (Å²) in [5.74, 6) is 0. The maximum Gasteiger partial charge on any atom is 0.124 e. The highest BCUT2D eigenvalue weighted by molar-refractivity contribution is 7.15. The van der Waals surface area contributed by atoms with E-state index in [4.69, 9.17) is 4.98 Å². The van der Waals surface area contributed by atoms with Crippen molar-refractivity contribution in [2.45, 2.75) is 97.3 Å². The summed E-state index contributed by atoms with van der Waals surface area (Å²) >= 11 is 1.87. The molecule has 0 saturated heterocycles. The van der Waals surface area contributed by atoms with Gasteiger partial charge in [-0.3, -0.25) is 0 Å². The molecule has 7 aromatic rings. The molecule has 5 aliphatic carbocycles. The first-order valence-electron chi connectivity index (χ1n) is 22.2. The van der Waals surface area contributed by atoms with Crippen LogP contribution in [0.2, 0.25) is 0 Å². The number of nitrogens with zero attached hydrogens (tertiary/aromatic N) is 1. The molecule has 0 N–H and O–H groups in total. The standard InChI is InChI=1S/C56H47NS.C2H6/c1-54(2)45-26-35(32-18-20-34(21-19-32)38-15-11-13-33-12-7-8-14-37(33)38)22-24-39(45)41-28-49-43(30-47(41)54)44-31-48-42(29-50(44)56(49,5)6)40-25-23-36(27-46(40)55(48,3)4)53-57-51-16-9-10-17-52(51)58-53;1-2/h8-9,11,13-16,18-31H,7,10,12,17H2,1-6H3;1-2H3. The second-order valence-electron chi connectivity index (χ2n) is 18.9. The molecule has 2 heteroatoms. The SMILES string of the molecule is CC.CC1(C)c2cc(-c3ccc(-c4cccc5c4C=CCC5)cc3)ccc2-c2cc3c(cc21)-c1cc2c(cc1C3(C)C)-c1ccc(-c3nc4c(s3)CCC=C4)cc1C2(C)C. The molecule has 0 fully saturated rings. The summed E-state index contributed by atoms with van der Waals surface area (Å²) in [6.45, 7) is 18.6. The normalized spacial score (nSPS) is 17.0. The summed E-state index contributed by atoms with van der Waals surface area (Å²) in [6.07, 6.45) is 13.6. The number of rotatable bonds is 3. The maximum atomic E-state index is 5.07. The molecule has 0 atom stereocenters. The van der Waals surface area contributed by atoms with E-state index >= 15 is 0 Å². The maximum absolute atomic E-state index is 5.07. The number of allylic oxidation sites excluding steroid dienone is 2. The summed E-state index contributed by atoms with van der Waals surface area (Å²) in [4.78, 5) is 6.49. The quantitative estimate of drug-likeness (QED) is 0.174. The topological polar surface area (TPSA) is 12.9 Å². The van der Waals surface area contributed by atoms with Crippen LogP contribution in [0.3, 0.4) is 0 Å². The van der Waals surface area contributed by atoms with E-state index in [1.54, 1.807) is 0 Å². The number of aromatic nitrogens is 1. The number of aryl methyl sites for hydroxylation is 2. The zero-order valence-electron chi connectivity index (χ0n) is 36.3. The number of thiazole rings is 1. The highest BCUT2D eigenvalue weighted by Crippen LogP contribution is 2.59.